The Labute approximate surface area is 96.2 Å². The van der Waals surface area contributed by atoms with Gasteiger partial charge in [0, 0.05) is 6.54 Å². The van der Waals surface area contributed by atoms with Crippen molar-refractivity contribution in [2.75, 3.05) is 13.0 Å². The summed E-state index contributed by atoms with van der Waals surface area (Å²) in [4.78, 5) is 22.5. The zero-order chi connectivity index (χ0) is 11.3. The first-order valence-corrected chi connectivity index (χ1v) is 5.57. The number of methoxy groups -OCH3 is 1. The maximum Gasteiger partial charge on any atom is 0.348 e. The monoisotopic (exact) mass is 247 g/mol. The van der Waals surface area contributed by atoms with E-state index >= 15 is 0 Å². The van der Waals surface area contributed by atoms with Gasteiger partial charge in [0.2, 0.25) is 5.91 Å². The van der Waals surface area contributed by atoms with Crippen LogP contribution in [0.15, 0.2) is 11.4 Å². The molecule has 1 rings (SSSR count). The molecule has 0 aliphatic rings. The van der Waals surface area contributed by atoms with Crippen LogP contribution in [0.5, 0.6) is 0 Å². The summed E-state index contributed by atoms with van der Waals surface area (Å²) in [5.74, 6) is -0.661. The zero-order valence-corrected chi connectivity index (χ0v) is 9.65. The Morgan fingerprint density at radius 2 is 2.33 bits per heavy atom. The third-order valence-electron chi connectivity index (χ3n) is 1.65. The predicted molar refractivity (Wildman–Crippen MR) is 58.2 cm³/mol. The number of rotatable bonds is 4. The molecule has 4 nitrogen and oxygen atoms in total. The fourth-order valence-electron chi connectivity index (χ4n) is 0.924. The lowest BCUT2D eigenvalue weighted by Gasteiger charge is -1.99. The summed E-state index contributed by atoms with van der Waals surface area (Å²) < 4.78 is 4.56. The molecule has 0 bridgehead atoms. The van der Waals surface area contributed by atoms with Crippen molar-refractivity contribution in [2.24, 2.45) is 0 Å². The molecule has 0 spiro atoms. The van der Waals surface area contributed by atoms with Gasteiger partial charge in [0.15, 0.2) is 0 Å². The van der Waals surface area contributed by atoms with Crippen LogP contribution in [0.25, 0.3) is 0 Å². The van der Waals surface area contributed by atoms with Crippen LogP contribution in [-0.4, -0.2) is 24.9 Å². The normalized spacial score (nSPS) is 9.73. The highest BCUT2D eigenvalue weighted by atomic mass is 35.5. The van der Waals surface area contributed by atoms with Crippen LogP contribution in [0.3, 0.4) is 0 Å². The second-order valence-corrected chi connectivity index (χ2v) is 3.90. The average Bonchev–Trinajstić information content (AvgIpc) is 2.73. The molecule has 1 heterocycles. The Bertz CT molecular complexity index is 364. The Hall–Kier alpha value is -1.07. The van der Waals surface area contributed by atoms with Crippen molar-refractivity contribution in [1.82, 2.24) is 5.32 Å². The Balaban J connectivity index is 2.53. The van der Waals surface area contributed by atoms with E-state index in [-0.39, 0.29) is 17.8 Å². The number of thiophene rings is 1. The molecular formula is C9H10ClNO3S. The third kappa shape index (κ3) is 3.53. The van der Waals surface area contributed by atoms with Gasteiger partial charge >= 0.3 is 5.97 Å². The molecule has 0 aromatic carbocycles. The molecule has 15 heavy (non-hydrogen) atoms. The van der Waals surface area contributed by atoms with E-state index in [2.05, 4.69) is 10.1 Å². The summed E-state index contributed by atoms with van der Waals surface area (Å²) >= 11 is 6.60. The molecule has 0 saturated heterocycles. The van der Waals surface area contributed by atoms with Crippen LogP contribution in [0.4, 0.5) is 0 Å². The second kappa shape index (κ2) is 5.72. The molecule has 0 unspecified atom stereocenters. The van der Waals surface area contributed by atoms with Crippen molar-refractivity contribution in [2.45, 2.75) is 6.54 Å². The first-order valence-electron chi connectivity index (χ1n) is 4.15. The van der Waals surface area contributed by atoms with Gasteiger partial charge in [-0.3, -0.25) is 4.79 Å². The quantitative estimate of drug-likeness (QED) is 0.646. The SMILES string of the molecule is COC(=O)c1cc(CNC(=O)CCl)cs1. The van der Waals surface area contributed by atoms with Crippen LogP contribution >= 0.6 is 22.9 Å². The fourth-order valence-corrected chi connectivity index (χ4v) is 1.85. The minimum atomic E-state index is -0.366. The van der Waals surface area contributed by atoms with Gasteiger partial charge in [0.1, 0.15) is 10.8 Å². The van der Waals surface area contributed by atoms with Gasteiger partial charge in [-0.25, -0.2) is 4.79 Å². The minimum absolute atomic E-state index is 0.0615. The second-order valence-electron chi connectivity index (χ2n) is 2.72. The van der Waals surface area contributed by atoms with E-state index in [9.17, 15) is 9.59 Å². The summed E-state index contributed by atoms with van der Waals surface area (Å²) in [7, 11) is 1.33. The van der Waals surface area contributed by atoms with Crippen LogP contribution in [0.1, 0.15) is 15.2 Å². The highest BCUT2D eigenvalue weighted by Crippen LogP contribution is 2.15. The van der Waals surface area contributed by atoms with Gasteiger partial charge in [-0.1, -0.05) is 0 Å². The van der Waals surface area contributed by atoms with Crippen molar-refractivity contribution in [3.05, 3.63) is 21.9 Å². The number of alkyl halides is 1. The van der Waals surface area contributed by atoms with E-state index < -0.39 is 0 Å². The van der Waals surface area contributed by atoms with E-state index in [0.717, 1.165) is 5.56 Å². The highest BCUT2D eigenvalue weighted by Gasteiger charge is 2.09. The van der Waals surface area contributed by atoms with Gasteiger partial charge in [0.05, 0.1) is 7.11 Å². The standard InChI is InChI=1S/C9H10ClNO3S/c1-14-9(13)7-2-6(5-15-7)4-11-8(12)3-10/h2,5H,3-4H2,1H3,(H,11,12). The van der Waals surface area contributed by atoms with E-state index in [0.29, 0.717) is 11.4 Å². The van der Waals surface area contributed by atoms with Gasteiger partial charge in [-0.2, -0.15) is 0 Å². The molecule has 6 heteroatoms. The van der Waals surface area contributed by atoms with Crippen molar-refractivity contribution in [1.29, 1.82) is 0 Å². The van der Waals surface area contributed by atoms with Gasteiger partial charge < -0.3 is 10.1 Å². The fraction of sp³-hybridized carbons (Fsp3) is 0.333. The molecule has 0 atom stereocenters. The summed E-state index contributed by atoms with van der Waals surface area (Å²) in [6.45, 7) is 0.374. The number of nitrogens with one attached hydrogen (secondary N) is 1. The smallest absolute Gasteiger partial charge is 0.348 e. The van der Waals surface area contributed by atoms with Crippen molar-refractivity contribution < 1.29 is 14.3 Å². The van der Waals surface area contributed by atoms with E-state index in [1.54, 1.807) is 11.4 Å². The Morgan fingerprint density at radius 3 is 2.93 bits per heavy atom. The number of carbonyl (C=O) groups excluding carboxylic acids is 2. The maximum absolute atomic E-state index is 11.1. The lowest BCUT2D eigenvalue weighted by atomic mass is 10.3. The number of halogens is 1. The molecule has 0 fully saturated rings. The number of hydrogen-bond donors (Lipinski definition) is 1. The average molecular weight is 248 g/mol. The Morgan fingerprint density at radius 1 is 1.60 bits per heavy atom. The number of ether oxygens (including phenoxy) is 1. The van der Waals surface area contributed by atoms with Crippen molar-refractivity contribution >= 4 is 34.8 Å². The highest BCUT2D eigenvalue weighted by molar-refractivity contribution is 7.12. The molecule has 82 valence electrons. The third-order valence-corrected chi connectivity index (χ3v) is 2.85. The van der Waals surface area contributed by atoms with Gasteiger partial charge in [0.25, 0.3) is 0 Å². The topological polar surface area (TPSA) is 55.4 Å². The first kappa shape index (κ1) is 12.0. The summed E-state index contributed by atoms with van der Waals surface area (Å²) in [6.07, 6.45) is 0. The molecule has 1 aromatic rings. The molecule has 0 aliphatic heterocycles. The summed E-state index contributed by atoms with van der Waals surface area (Å²) in [5, 5.41) is 4.39. The van der Waals surface area contributed by atoms with Crippen LogP contribution in [-0.2, 0) is 16.1 Å². The Kier molecular flexibility index (Phi) is 4.58. The maximum atomic E-state index is 11.1. The van der Waals surface area contributed by atoms with E-state index in [1.165, 1.54) is 18.4 Å². The predicted octanol–water partition coefficient (Wildman–Crippen LogP) is 1.39. The summed E-state index contributed by atoms with van der Waals surface area (Å²) in [5.41, 5.74) is 0.860. The molecule has 0 radical (unpaired) electrons. The number of esters is 1. The number of carbonyl (C=O) groups is 2. The largest absolute Gasteiger partial charge is 0.465 e. The lowest BCUT2D eigenvalue weighted by molar-refractivity contribution is -0.118. The van der Waals surface area contributed by atoms with E-state index in [1.807, 2.05) is 0 Å². The minimum Gasteiger partial charge on any atom is -0.465 e. The zero-order valence-electron chi connectivity index (χ0n) is 8.08. The molecular weight excluding hydrogens is 238 g/mol. The lowest BCUT2D eigenvalue weighted by Crippen LogP contribution is -2.23. The summed E-state index contributed by atoms with van der Waals surface area (Å²) in [6, 6.07) is 1.69. The molecule has 1 N–H and O–H groups in total. The van der Waals surface area contributed by atoms with Crippen molar-refractivity contribution in [3.8, 4) is 0 Å². The van der Waals surface area contributed by atoms with E-state index in [4.69, 9.17) is 11.6 Å². The molecule has 0 saturated carbocycles. The van der Waals surface area contributed by atoms with Crippen molar-refractivity contribution in [3.63, 3.8) is 0 Å². The molecule has 0 aliphatic carbocycles. The number of amides is 1. The number of hydrogen-bond acceptors (Lipinski definition) is 4. The van der Waals surface area contributed by atoms with Crippen LogP contribution < -0.4 is 5.32 Å². The van der Waals surface area contributed by atoms with Gasteiger partial charge in [-0.15, -0.1) is 22.9 Å². The van der Waals surface area contributed by atoms with Gasteiger partial charge in [-0.05, 0) is 17.0 Å². The molecule has 1 aromatic heterocycles. The first-order chi connectivity index (χ1) is 7.17. The van der Waals surface area contributed by atoms with Crippen LogP contribution in [0, 0.1) is 0 Å². The molecule has 1 amide bonds. The van der Waals surface area contributed by atoms with Crippen LogP contribution in [0.2, 0.25) is 0 Å².